The number of piperidine rings is 1. The Labute approximate surface area is 114 Å². The summed E-state index contributed by atoms with van der Waals surface area (Å²) in [6.07, 6.45) is 4.05. The van der Waals surface area contributed by atoms with Crippen LogP contribution in [0.15, 0.2) is 24.4 Å². The van der Waals surface area contributed by atoms with Crippen LogP contribution in [0.1, 0.15) is 23.3 Å². The number of carbonyl (C=O) groups is 1. The van der Waals surface area contributed by atoms with Gasteiger partial charge in [0.15, 0.2) is 5.78 Å². The molecule has 2 N–H and O–H groups in total. The van der Waals surface area contributed by atoms with Gasteiger partial charge in [0.05, 0.1) is 6.54 Å². The first-order chi connectivity index (χ1) is 8.36. The molecule has 0 bridgehead atoms. The SMILES string of the molecule is Cl.O=C(CNCC1CCNCC1)c1ccccn1. The molecule has 1 aromatic rings. The fourth-order valence-electron chi connectivity index (χ4n) is 2.09. The van der Waals surface area contributed by atoms with Crippen LogP contribution < -0.4 is 10.6 Å². The number of halogens is 1. The predicted molar refractivity (Wildman–Crippen MR) is 74.3 cm³/mol. The van der Waals surface area contributed by atoms with Crippen molar-refractivity contribution in [2.75, 3.05) is 26.2 Å². The highest BCUT2D eigenvalue weighted by Gasteiger charge is 2.13. The summed E-state index contributed by atoms with van der Waals surface area (Å²) in [7, 11) is 0. The summed E-state index contributed by atoms with van der Waals surface area (Å²) in [5.74, 6) is 0.771. The first-order valence-electron chi connectivity index (χ1n) is 6.22. The second-order valence-corrected chi connectivity index (χ2v) is 4.46. The van der Waals surface area contributed by atoms with Crippen molar-refractivity contribution in [1.29, 1.82) is 0 Å². The van der Waals surface area contributed by atoms with E-state index in [9.17, 15) is 4.79 Å². The zero-order valence-electron chi connectivity index (χ0n) is 10.4. The van der Waals surface area contributed by atoms with Crippen molar-refractivity contribution in [1.82, 2.24) is 15.6 Å². The zero-order chi connectivity index (χ0) is 11.9. The molecular weight excluding hydrogens is 250 g/mol. The molecule has 1 fully saturated rings. The maximum absolute atomic E-state index is 11.7. The molecule has 2 heterocycles. The smallest absolute Gasteiger partial charge is 0.194 e. The minimum atomic E-state index is 0. The van der Waals surface area contributed by atoms with E-state index < -0.39 is 0 Å². The van der Waals surface area contributed by atoms with E-state index in [-0.39, 0.29) is 18.2 Å². The molecular formula is C13H20ClN3O. The number of aromatic nitrogens is 1. The van der Waals surface area contributed by atoms with Gasteiger partial charge in [-0.3, -0.25) is 9.78 Å². The minimum absolute atomic E-state index is 0. The van der Waals surface area contributed by atoms with Crippen LogP contribution in [0, 0.1) is 5.92 Å². The van der Waals surface area contributed by atoms with E-state index in [1.54, 1.807) is 12.3 Å². The summed E-state index contributed by atoms with van der Waals surface area (Å²) in [5, 5.41) is 6.57. The Morgan fingerprint density at radius 3 is 2.83 bits per heavy atom. The van der Waals surface area contributed by atoms with Gasteiger partial charge in [-0.1, -0.05) is 6.07 Å². The molecule has 0 atom stereocenters. The van der Waals surface area contributed by atoms with Gasteiger partial charge in [-0.15, -0.1) is 12.4 Å². The third-order valence-electron chi connectivity index (χ3n) is 3.13. The molecule has 1 aromatic heterocycles. The summed E-state index contributed by atoms with van der Waals surface area (Å²) in [5.41, 5.74) is 0.547. The van der Waals surface area contributed by atoms with Gasteiger partial charge in [-0.05, 0) is 50.5 Å². The number of hydrogen-bond donors (Lipinski definition) is 2. The highest BCUT2D eigenvalue weighted by Crippen LogP contribution is 2.09. The van der Waals surface area contributed by atoms with Crippen molar-refractivity contribution in [3.05, 3.63) is 30.1 Å². The van der Waals surface area contributed by atoms with Crippen LogP contribution in [-0.4, -0.2) is 36.9 Å². The van der Waals surface area contributed by atoms with Crippen LogP contribution in [0.3, 0.4) is 0 Å². The molecule has 0 aromatic carbocycles. The highest BCUT2D eigenvalue weighted by atomic mass is 35.5. The van der Waals surface area contributed by atoms with E-state index in [1.165, 1.54) is 12.8 Å². The maximum atomic E-state index is 11.7. The van der Waals surface area contributed by atoms with Gasteiger partial charge in [0, 0.05) is 6.20 Å². The number of Topliss-reactive ketones (excluding diaryl/α,β-unsaturated/α-hetero) is 1. The topological polar surface area (TPSA) is 54.0 Å². The lowest BCUT2D eigenvalue weighted by molar-refractivity contribution is 0.0984. The minimum Gasteiger partial charge on any atom is -0.317 e. The Morgan fingerprint density at radius 1 is 1.39 bits per heavy atom. The van der Waals surface area contributed by atoms with Gasteiger partial charge in [-0.25, -0.2) is 0 Å². The second kappa shape index (κ2) is 8.19. The average molecular weight is 270 g/mol. The lowest BCUT2D eigenvalue weighted by Crippen LogP contribution is -2.35. The third kappa shape index (κ3) is 4.72. The Balaban J connectivity index is 0.00000162. The Hall–Kier alpha value is -0.970. The van der Waals surface area contributed by atoms with Crippen molar-refractivity contribution in [3.63, 3.8) is 0 Å². The average Bonchev–Trinajstić information content (AvgIpc) is 2.41. The second-order valence-electron chi connectivity index (χ2n) is 4.46. The van der Waals surface area contributed by atoms with Crippen LogP contribution >= 0.6 is 12.4 Å². The van der Waals surface area contributed by atoms with E-state index in [4.69, 9.17) is 0 Å². The summed E-state index contributed by atoms with van der Waals surface area (Å²) in [6.45, 7) is 3.52. The largest absolute Gasteiger partial charge is 0.317 e. The standard InChI is InChI=1S/C13H19N3O.ClH/c17-13(12-3-1-2-6-16-12)10-15-9-11-4-7-14-8-5-11;/h1-3,6,11,14-15H,4-5,7-10H2;1H. The van der Waals surface area contributed by atoms with Crippen molar-refractivity contribution in [2.24, 2.45) is 5.92 Å². The van der Waals surface area contributed by atoms with Crippen LogP contribution in [0.2, 0.25) is 0 Å². The quantitative estimate of drug-likeness (QED) is 0.791. The Bertz CT molecular complexity index is 353. The first-order valence-corrected chi connectivity index (χ1v) is 6.22. The van der Waals surface area contributed by atoms with E-state index in [1.807, 2.05) is 12.1 Å². The summed E-state index contributed by atoms with van der Waals surface area (Å²) < 4.78 is 0. The van der Waals surface area contributed by atoms with Crippen molar-refractivity contribution in [3.8, 4) is 0 Å². The predicted octanol–water partition coefficient (Wildman–Crippen LogP) is 1.28. The van der Waals surface area contributed by atoms with Crippen LogP contribution in [0.25, 0.3) is 0 Å². The molecule has 0 spiro atoms. The Kier molecular flexibility index (Phi) is 6.86. The molecule has 1 aliphatic heterocycles. The van der Waals surface area contributed by atoms with Gasteiger partial charge in [0.25, 0.3) is 0 Å². The fourth-order valence-corrected chi connectivity index (χ4v) is 2.09. The molecule has 0 radical (unpaired) electrons. The van der Waals surface area contributed by atoms with Crippen LogP contribution in [-0.2, 0) is 0 Å². The van der Waals surface area contributed by atoms with Crippen molar-refractivity contribution in [2.45, 2.75) is 12.8 Å². The van der Waals surface area contributed by atoms with Gasteiger partial charge >= 0.3 is 0 Å². The van der Waals surface area contributed by atoms with E-state index >= 15 is 0 Å². The van der Waals surface area contributed by atoms with Gasteiger partial charge in [-0.2, -0.15) is 0 Å². The molecule has 1 saturated heterocycles. The molecule has 18 heavy (non-hydrogen) atoms. The molecule has 1 aliphatic rings. The molecule has 0 saturated carbocycles. The zero-order valence-corrected chi connectivity index (χ0v) is 11.2. The van der Waals surface area contributed by atoms with E-state index in [0.29, 0.717) is 18.2 Å². The number of pyridine rings is 1. The number of ketones is 1. The fraction of sp³-hybridized carbons (Fsp3) is 0.538. The molecule has 0 aliphatic carbocycles. The number of hydrogen-bond acceptors (Lipinski definition) is 4. The number of rotatable bonds is 5. The first kappa shape index (κ1) is 15.1. The molecule has 4 nitrogen and oxygen atoms in total. The number of nitrogens with one attached hydrogen (secondary N) is 2. The molecule has 5 heteroatoms. The van der Waals surface area contributed by atoms with E-state index in [0.717, 1.165) is 19.6 Å². The summed E-state index contributed by atoms with van der Waals surface area (Å²) in [6, 6.07) is 5.42. The van der Waals surface area contributed by atoms with Crippen molar-refractivity contribution < 1.29 is 4.79 Å². The number of nitrogens with zero attached hydrogens (tertiary/aromatic N) is 1. The Morgan fingerprint density at radius 2 is 2.17 bits per heavy atom. The maximum Gasteiger partial charge on any atom is 0.194 e. The molecule has 0 unspecified atom stereocenters. The highest BCUT2D eigenvalue weighted by molar-refractivity contribution is 5.95. The van der Waals surface area contributed by atoms with Gasteiger partial charge in [0.2, 0.25) is 0 Å². The van der Waals surface area contributed by atoms with Crippen LogP contribution in [0.5, 0.6) is 0 Å². The van der Waals surface area contributed by atoms with Crippen molar-refractivity contribution >= 4 is 18.2 Å². The molecule has 100 valence electrons. The van der Waals surface area contributed by atoms with E-state index in [2.05, 4.69) is 15.6 Å². The molecule has 0 amide bonds. The summed E-state index contributed by atoms with van der Waals surface area (Å²) in [4.78, 5) is 15.8. The monoisotopic (exact) mass is 269 g/mol. The lowest BCUT2D eigenvalue weighted by Gasteiger charge is -2.22. The number of carbonyl (C=O) groups excluding carboxylic acids is 1. The lowest BCUT2D eigenvalue weighted by atomic mass is 9.98. The normalized spacial score (nSPS) is 16.0. The summed E-state index contributed by atoms with van der Waals surface area (Å²) >= 11 is 0. The van der Waals surface area contributed by atoms with Crippen LogP contribution in [0.4, 0.5) is 0 Å². The van der Waals surface area contributed by atoms with Gasteiger partial charge in [0.1, 0.15) is 5.69 Å². The molecule has 2 rings (SSSR count). The van der Waals surface area contributed by atoms with Gasteiger partial charge < -0.3 is 10.6 Å². The third-order valence-corrected chi connectivity index (χ3v) is 3.13.